The van der Waals surface area contributed by atoms with Crippen molar-refractivity contribution in [1.29, 1.82) is 0 Å². The van der Waals surface area contributed by atoms with Crippen molar-refractivity contribution in [1.82, 2.24) is 0 Å². The molecule has 0 aromatic heterocycles. The van der Waals surface area contributed by atoms with Crippen LogP contribution in [0.25, 0.3) is 0 Å². The number of benzene rings is 1. The summed E-state index contributed by atoms with van der Waals surface area (Å²) in [5.74, 6) is 0. The van der Waals surface area contributed by atoms with Gasteiger partial charge in [-0.05, 0) is 24.1 Å². The number of rotatable bonds is 3. The zero-order valence-corrected chi connectivity index (χ0v) is 8.72. The minimum atomic E-state index is 0.491. The monoisotopic (exact) mass is 230 g/mol. The molecule has 1 aromatic rings. The fraction of sp³-hybridized carbons (Fsp3) is 0.333. The second-order valence-corrected chi connectivity index (χ2v) is 3.37. The molecular weight excluding hydrogens is 220 g/mol. The second-order valence-electron chi connectivity index (χ2n) is 2.51. The summed E-state index contributed by atoms with van der Waals surface area (Å²) in [7, 11) is 1.51. The molecule has 0 atom stereocenters. The molecule has 0 N–H and O–H groups in total. The largest absolute Gasteiger partial charge is 0.240 e. The third-order valence-electron chi connectivity index (χ3n) is 1.57. The maximum Gasteiger partial charge on any atom is 0.107 e. The minimum Gasteiger partial charge on any atom is -0.240 e. The van der Waals surface area contributed by atoms with Gasteiger partial charge in [0, 0.05) is 4.47 Å². The van der Waals surface area contributed by atoms with Crippen LogP contribution < -0.4 is 0 Å². The van der Waals surface area contributed by atoms with Crippen LogP contribution in [0.2, 0.25) is 0 Å². The smallest absolute Gasteiger partial charge is 0.107 e. The van der Waals surface area contributed by atoms with E-state index in [-0.39, 0.29) is 0 Å². The summed E-state index contributed by atoms with van der Waals surface area (Å²) >= 11 is 3.43. The summed E-state index contributed by atoms with van der Waals surface area (Å²) < 4.78 is 1.11. The van der Waals surface area contributed by atoms with Crippen molar-refractivity contribution in [2.24, 2.45) is 0 Å². The van der Waals surface area contributed by atoms with Crippen LogP contribution in [0, 0.1) is 6.92 Å². The molecule has 66 valence electrons. The average molecular weight is 231 g/mol. The van der Waals surface area contributed by atoms with Crippen molar-refractivity contribution < 1.29 is 9.78 Å². The summed E-state index contributed by atoms with van der Waals surface area (Å²) in [6.45, 7) is 2.53. The number of hydrogen-bond acceptors (Lipinski definition) is 2. The van der Waals surface area contributed by atoms with Crippen LogP contribution >= 0.6 is 15.9 Å². The molecule has 0 aliphatic carbocycles. The zero-order valence-electron chi connectivity index (χ0n) is 7.13. The molecule has 3 heteroatoms. The van der Waals surface area contributed by atoms with Crippen LogP contribution in [0.15, 0.2) is 22.7 Å². The van der Waals surface area contributed by atoms with Crippen LogP contribution in [0.5, 0.6) is 0 Å². The molecule has 1 rings (SSSR count). The highest BCUT2D eigenvalue weighted by molar-refractivity contribution is 9.10. The van der Waals surface area contributed by atoms with E-state index in [2.05, 4.69) is 26.9 Å². The standard InChI is InChI=1S/C9H11BrO2/c1-7-5-8(6-12-11-2)3-4-9(7)10/h3-5H,6H2,1-2H3. The predicted octanol–water partition coefficient (Wildman–Crippen LogP) is 2.84. The first-order valence-electron chi connectivity index (χ1n) is 3.64. The van der Waals surface area contributed by atoms with Crippen LogP contribution in [-0.2, 0) is 16.4 Å². The summed E-state index contributed by atoms with van der Waals surface area (Å²) in [6.07, 6.45) is 0. The highest BCUT2D eigenvalue weighted by atomic mass is 79.9. The van der Waals surface area contributed by atoms with Gasteiger partial charge in [-0.25, -0.2) is 9.78 Å². The van der Waals surface area contributed by atoms with Gasteiger partial charge in [-0.15, -0.1) is 0 Å². The van der Waals surface area contributed by atoms with E-state index < -0.39 is 0 Å². The molecule has 0 fully saturated rings. The van der Waals surface area contributed by atoms with E-state index in [1.165, 1.54) is 12.7 Å². The van der Waals surface area contributed by atoms with E-state index >= 15 is 0 Å². The van der Waals surface area contributed by atoms with E-state index in [0.717, 1.165) is 10.0 Å². The molecule has 1 aromatic carbocycles. The van der Waals surface area contributed by atoms with Crippen molar-refractivity contribution >= 4 is 15.9 Å². The first-order valence-corrected chi connectivity index (χ1v) is 4.44. The van der Waals surface area contributed by atoms with Crippen molar-refractivity contribution in [3.05, 3.63) is 33.8 Å². The lowest BCUT2D eigenvalue weighted by Gasteiger charge is -2.02. The van der Waals surface area contributed by atoms with Crippen LogP contribution in [-0.4, -0.2) is 7.11 Å². The Kier molecular flexibility index (Phi) is 3.72. The Morgan fingerprint density at radius 2 is 2.17 bits per heavy atom. The van der Waals surface area contributed by atoms with Gasteiger partial charge in [-0.2, -0.15) is 0 Å². The fourth-order valence-corrected chi connectivity index (χ4v) is 1.17. The maximum absolute atomic E-state index is 4.80. The van der Waals surface area contributed by atoms with Gasteiger partial charge in [0.2, 0.25) is 0 Å². The SMILES string of the molecule is COOCc1ccc(Br)c(C)c1. The Morgan fingerprint density at radius 1 is 1.42 bits per heavy atom. The Labute approximate surface area is 80.6 Å². The van der Waals surface area contributed by atoms with Gasteiger partial charge in [0.15, 0.2) is 0 Å². The Bertz CT molecular complexity index is 261. The maximum atomic E-state index is 4.80. The molecule has 0 heterocycles. The summed E-state index contributed by atoms with van der Waals surface area (Å²) in [5, 5.41) is 0. The third-order valence-corrected chi connectivity index (χ3v) is 2.46. The van der Waals surface area contributed by atoms with Crippen molar-refractivity contribution in [3.8, 4) is 0 Å². The Morgan fingerprint density at radius 3 is 2.75 bits per heavy atom. The predicted molar refractivity (Wildman–Crippen MR) is 50.7 cm³/mol. The van der Waals surface area contributed by atoms with E-state index in [4.69, 9.17) is 4.89 Å². The van der Waals surface area contributed by atoms with Gasteiger partial charge in [-0.3, -0.25) is 0 Å². The molecule has 0 aliphatic rings. The lowest BCUT2D eigenvalue weighted by molar-refractivity contribution is -0.282. The van der Waals surface area contributed by atoms with Gasteiger partial charge in [0.1, 0.15) is 6.61 Å². The van der Waals surface area contributed by atoms with E-state index in [1.807, 2.05) is 19.1 Å². The quantitative estimate of drug-likeness (QED) is 0.588. The van der Waals surface area contributed by atoms with E-state index in [9.17, 15) is 0 Å². The number of hydrogen-bond donors (Lipinski definition) is 0. The minimum absolute atomic E-state index is 0.491. The Balaban J connectivity index is 2.69. The Hall–Kier alpha value is -0.380. The van der Waals surface area contributed by atoms with Gasteiger partial charge < -0.3 is 0 Å². The van der Waals surface area contributed by atoms with Crippen molar-refractivity contribution in [2.75, 3.05) is 7.11 Å². The lowest BCUT2D eigenvalue weighted by Crippen LogP contribution is -1.91. The average Bonchev–Trinajstić information content (AvgIpc) is 2.07. The fourth-order valence-electron chi connectivity index (χ4n) is 0.924. The van der Waals surface area contributed by atoms with E-state index in [0.29, 0.717) is 6.61 Å². The molecule has 0 bridgehead atoms. The highest BCUT2D eigenvalue weighted by Gasteiger charge is 1.96. The molecule has 0 radical (unpaired) electrons. The molecule has 2 nitrogen and oxygen atoms in total. The topological polar surface area (TPSA) is 18.5 Å². The molecule has 12 heavy (non-hydrogen) atoms. The lowest BCUT2D eigenvalue weighted by atomic mass is 10.1. The third kappa shape index (κ3) is 2.59. The molecule has 0 spiro atoms. The molecule has 0 saturated heterocycles. The van der Waals surface area contributed by atoms with Crippen molar-refractivity contribution in [3.63, 3.8) is 0 Å². The molecule has 0 unspecified atom stereocenters. The van der Waals surface area contributed by atoms with Gasteiger partial charge in [0.25, 0.3) is 0 Å². The molecule has 0 saturated carbocycles. The summed E-state index contributed by atoms with van der Waals surface area (Å²) in [6, 6.07) is 6.06. The van der Waals surface area contributed by atoms with Gasteiger partial charge >= 0.3 is 0 Å². The first-order chi connectivity index (χ1) is 5.74. The van der Waals surface area contributed by atoms with Crippen molar-refractivity contribution in [2.45, 2.75) is 13.5 Å². The number of aryl methyl sites for hydroxylation is 1. The van der Waals surface area contributed by atoms with Gasteiger partial charge in [0.05, 0.1) is 7.11 Å². The molecular formula is C9H11BrO2. The first kappa shape index (κ1) is 9.71. The summed E-state index contributed by atoms with van der Waals surface area (Å²) in [4.78, 5) is 9.30. The zero-order chi connectivity index (χ0) is 8.97. The van der Waals surface area contributed by atoms with Crippen LogP contribution in [0.1, 0.15) is 11.1 Å². The second kappa shape index (κ2) is 4.60. The van der Waals surface area contributed by atoms with E-state index in [1.54, 1.807) is 0 Å². The van der Waals surface area contributed by atoms with Crippen LogP contribution in [0.4, 0.5) is 0 Å². The van der Waals surface area contributed by atoms with Crippen LogP contribution in [0.3, 0.4) is 0 Å². The number of halogens is 1. The van der Waals surface area contributed by atoms with Gasteiger partial charge in [-0.1, -0.05) is 28.1 Å². The highest BCUT2D eigenvalue weighted by Crippen LogP contribution is 2.17. The molecule has 0 amide bonds. The summed E-state index contributed by atoms with van der Waals surface area (Å²) in [5.41, 5.74) is 2.31. The normalized spacial score (nSPS) is 10.2. The molecule has 0 aliphatic heterocycles.